The predicted octanol–water partition coefficient (Wildman–Crippen LogP) is 4.27. The molecule has 2 aromatic rings. The number of rotatable bonds is 4. The first-order valence-electron chi connectivity index (χ1n) is 6.83. The van der Waals surface area contributed by atoms with E-state index < -0.39 is 0 Å². The minimum absolute atomic E-state index is 0.821. The molecule has 0 aliphatic heterocycles. The summed E-state index contributed by atoms with van der Waals surface area (Å²) >= 11 is 0. The van der Waals surface area contributed by atoms with Crippen LogP contribution in [0.5, 0.6) is 0 Å². The maximum Gasteiger partial charge on any atom is 0.124 e. The largest absolute Gasteiger partial charge is 0.493 e. The molecule has 1 aromatic carbocycles. The summed E-state index contributed by atoms with van der Waals surface area (Å²) in [5.74, 6) is 1.07. The highest BCUT2D eigenvalue weighted by atomic mass is 16.5. The summed E-state index contributed by atoms with van der Waals surface area (Å²) in [7, 11) is 0. The molecule has 1 aliphatic rings. The lowest BCUT2D eigenvalue weighted by molar-refractivity contribution is 0.268. The number of nitrogens with one attached hydrogen (secondary N) is 1. The Labute approximate surface area is 108 Å². The number of unbranched alkanes of at least 4 members (excludes halogenated alkanes) is 1. The molecule has 0 atom stereocenters. The van der Waals surface area contributed by atoms with Gasteiger partial charge in [-0.15, -0.1) is 0 Å². The van der Waals surface area contributed by atoms with Crippen LogP contribution in [0.2, 0.25) is 0 Å². The van der Waals surface area contributed by atoms with Crippen molar-refractivity contribution >= 4 is 16.7 Å². The van der Waals surface area contributed by atoms with Gasteiger partial charge in [0.2, 0.25) is 0 Å². The third-order valence-corrected chi connectivity index (χ3v) is 3.51. The molecule has 1 N–H and O–H groups in total. The van der Waals surface area contributed by atoms with Crippen LogP contribution in [0.25, 0.3) is 16.7 Å². The van der Waals surface area contributed by atoms with Crippen LogP contribution in [0, 0.1) is 0 Å². The monoisotopic (exact) mass is 241 g/mol. The second-order valence-corrected chi connectivity index (χ2v) is 4.83. The Kier molecular flexibility index (Phi) is 3.09. The van der Waals surface area contributed by atoms with Crippen molar-refractivity contribution in [3.8, 4) is 0 Å². The molecular weight excluding hydrogens is 222 g/mol. The molecule has 0 saturated heterocycles. The van der Waals surface area contributed by atoms with Gasteiger partial charge in [-0.3, -0.25) is 0 Å². The standard InChI is InChI=1S/C16H19NO/c1-2-3-11-18-15-10-6-9-14-16(15)12-7-4-5-8-13(12)17-14/h4-5,7-8,10,17H,2-3,6,9,11H2,1H3. The minimum Gasteiger partial charge on any atom is -0.493 e. The average Bonchev–Trinajstić information content (AvgIpc) is 2.78. The van der Waals surface area contributed by atoms with Crippen molar-refractivity contribution in [2.75, 3.05) is 6.61 Å². The molecule has 0 saturated carbocycles. The molecule has 1 aromatic heterocycles. The number of benzene rings is 1. The minimum atomic E-state index is 0.821. The molecule has 0 unspecified atom stereocenters. The van der Waals surface area contributed by atoms with E-state index in [-0.39, 0.29) is 0 Å². The third-order valence-electron chi connectivity index (χ3n) is 3.51. The van der Waals surface area contributed by atoms with Gasteiger partial charge in [-0.2, -0.15) is 0 Å². The Hall–Kier alpha value is -1.70. The summed E-state index contributed by atoms with van der Waals surface area (Å²) < 4.78 is 5.96. The molecule has 1 aliphatic carbocycles. The summed E-state index contributed by atoms with van der Waals surface area (Å²) in [6, 6.07) is 8.48. The zero-order valence-corrected chi connectivity index (χ0v) is 10.8. The molecule has 0 radical (unpaired) electrons. The number of hydrogen-bond acceptors (Lipinski definition) is 1. The Morgan fingerprint density at radius 3 is 3.06 bits per heavy atom. The van der Waals surface area contributed by atoms with Gasteiger partial charge in [0.1, 0.15) is 5.76 Å². The Morgan fingerprint density at radius 1 is 1.28 bits per heavy atom. The summed E-state index contributed by atoms with van der Waals surface area (Å²) in [5, 5.41) is 1.29. The summed E-state index contributed by atoms with van der Waals surface area (Å²) in [6.07, 6.45) is 6.69. The molecule has 94 valence electrons. The Bertz CT molecular complexity index is 580. The van der Waals surface area contributed by atoms with E-state index in [1.54, 1.807) is 0 Å². The van der Waals surface area contributed by atoms with Gasteiger partial charge in [-0.05, 0) is 31.4 Å². The lowest BCUT2D eigenvalue weighted by atomic mass is 10.0. The van der Waals surface area contributed by atoms with Gasteiger partial charge in [-0.1, -0.05) is 31.5 Å². The SMILES string of the molecule is CCCCOC1=CCCc2[nH]c3ccccc3c21. The van der Waals surface area contributed by atoms with Crippen LogP contribution >= 0.6 is 0 Å². The van der Waals surface area contributed by atoms with Crippen LogP contribution in [-0.2, 0) is 11.2 Å². The number of aryl methyl sites for hydroxylation is 1. The second-order valence-electron chi connectivity index (χ2n) is 4.83. The number of ether oxygens (including phenoxy) is 1. The first-order chi connectivity index (χ1) is 8.90. The first-order valence-corrected chi connectivity index (χ1v) is 6.83. The van der Waals surface area contributed by atoms with E-state index in [4.69, 9.17) is 4.74 Å². The lowest BCUT2D eigenvalue weighted by Gasteiger charge is -2.15. The van der Waals surface area contributed by atoms with Gasteiger partial charge < -0.3 is 9.72 Å². The van der Waals surface area contributed by atoms with Crippen LogP contribution in [0.3, 0.4) is 0 Å². The van der Waals surface area contributed by atoms with Crippen molar-refractivity contribution < 1.29 is 4.74 Å². The number of hydrogen-bond donors (Lipinski definition) is 1. The quantitative estimate of drug-likeness (QED) is 0.794. The van der Waals surface area contributed by atoms with Crippen molar-refractivity contribution in [1.29, 1.82) is 0 Å². The maximum absolute atomic E-state index is 5.96. The van der Waals surface area contributed by atoms with E-state index in [0.717, 1.165) is 31.6 Å². The molecule has 0 bridgehead atoms. The van der Waals surface area contributed by atoms with Gasteiger partial charge in [0, 0.05) is 22.2 Å². The van der Waals surface area contributed by atoms with Crippen molar-refractivity contribution in [2.45, 2.75) is 32.6 Å². The molecule has 1 heterocycles. The van der Waals surface area contributed by atoms with Gasteiger partial charge >= 0.3 is 0 Å². The van der Waals surface area contributed by atoms with Gasteiger partial charge in [-0.25, -0.2) is 0 Å². The van der Waals surface area contributed by atoms with E-state index in [9.17, 15) is 0 Å². The normalized spacial score (nSPS) is 14.4. The number of H-pyrrole nitrogens is 1. The van der Waals surface area contributed by atoms with E-state index in [1.165, 1.54) is 28.6 Å². The maximum atomic E-state index is 5.96. The molecule has 2 heteroatoms. The number of allylic oxidation sites excluding steroid dienone is 1. The third kappa shape index (κ3) is 1.92. The van der Waals surface area contributed by atoms with E-state index in [2.05, 4.69) is 42.2 Å². The number of aromatic amines is 1. The van der Waals surface area contributed by atoms with Crippen LogP contribution < -0.4 is 0 Å². The average molecular weight is 241 g/mol. The Morgan fingerprint density at radius 2 is 2.17 bits per heavy atom. The number of aromatic nitrogens is 1. The van der Waals surface area contributed by atoms with E-state index in [1.807, 2.05) is 0 Å². The topological polar surface area (TPSA) is 25.0 Å². The van der Waals surface area contributed by atoms with Crippen LogP contribution in [0.4, 0.5) is 0 Å². The fraction of sp³-hybridized carbons (Fsp3) is 0.375. The fourth-order valence-electron chi connectivity index (χ4n) is 2.57. The smallest absolute Gasteiger partial charge is 0.124 e. The van der Waals surface area contributed by atoms with Crippen LogP contribution in [0.1, 0.15) is 37.4 Å². The predicted molar refractivity (Wildman–Crippen MR) is 75.5 cm³/mol. The van der Waals surface area contributed by atoms with Crippen LogP contribution in [-0.4, -0.2) is 11.6 Å². The van der Waals surface area contributed by atoms with E-state index >= 15 is 0 Å². The molecule has 18 heavy (non-hydrogen) atoms. The van der Waals surface area contributed by atoms with Crippen molar-refractivity contribution in [2.24, 2.45) is 0 Å². The van der Waals surface area contributed by atoms with Gasteiger partial charge in [0.25, 0.3) is 0 Å². The van der Waals surface area contributed by atoms with Crippen molar-refractivity contribution in [3.63, 3.8) is 0 Å². The molecule has 2 nitrogen and oxygen atoms in total. The highest BCUT2D eigenvalue weighted by Gasteiger charge is 2.19. The highest BCUT2D eigenvalue weighted by Crippen LogP contribution is 2.33. The molecule has 0 fully saturated rings. The zero-order chi connectivity index (χ0) is 12.4. The highest BCUT2D eigenvalue weighted by molar-refractivity contribution is 5.93. The van der Waals surface area contributed by atoms with E-state index in [0.29, 0.717) is 0 Å². The lowest BCUT2D eigenvalue weighted by Crippen LogP contribution is -2.02. The molecular formula is C16H19NO. The number of para-hydroxylation sites is 1. The van der Waals surface area contributed by atoms with Crippen molar-refractivity contribution in [3.05, 3.63) is 41.6 Å². The summed E-state index contributed by atoms with van der Waals surface area (Å²) in [4.78, 5) is 3.52. The molecule has 3 rings (SSSR count). The first kappa shape index (κ1) is 11.4. The zero-order valence-electron chi connectivity index (χ0n) is 10.8. The summed E-state index contributed by atoms with van der Waals surface area (Å²) in [6.45, 7) is 3.01. The van der Waals surface area contributed by atoms with Gasteiger partial charge in [0.15, 0.2) is 0 Å². The van der Waals surface area contributed by atoms with Crippen LogP contribution in [0.15, 0.2) is 30.3 Å². The summed E-state index contributed by atoms with van der Waals surface area (Å²) in [5.41, 5.74) is 3.83. The van der Waals surface area contributed by atoms with Gasteiger partial charge in [0.05, 0.1) is 6.61 Å². The second kappa shape index (κ2) is 4.89. The number of fused-ring (bicyclic) bond motifs is 3. The fourth-order valence-corrected chi connectivity index (χ4v) is 2.57. The molecule has 0 spiro atoms. The van der Waals surface area contributed by atoms with Crippen molar-refractivity contribution in [1.82, 2.24) is 4.98 Å². The molecule has 0 amide bonds. The Balaban J connectivity index is 1.98.